The average molecular weight is 926 g/mol. The van der Waals surface area contributed by atoms with Crippen molar-refractivity contribution in [2.75, 3.05) is 60.5 Å². The summed E-state index contributed by atoms with van der Waals surface area (Å²) in [7, 11) is 5.45. The number of methoxy groups -OCH3 is 1. The zero-order valence-corrected chi connectivity index (χ0v) is 40.8. The number of fused-ring (bicyclic) bond motifs is 6. The van der Waals surface area contributed by atoms with Crippen molar-refractivity contribution in [3.63, 3.8) is 0 Å². The third kappa shape index (κ3) is 9.21. The number of hydrazine groups is 1. The van der Waals surface area contributed by atoms with Crippen molar-refractivity contribution in [2.24, 2.45) is 16.7 Å². The number of urea groups is 1. The number of likely N-dealkylation sites (tertiary alicyclic amines) is 2. The molecular weight excluding hydrogens is 859 g/mol. The number of nitrogens with one attached hydrogen (secondary N) is 2. The number of cyclic esters (lactones) is 1. The van der Waals surface area contributed by atoms with Crippen LogP contribution in [0, 0.1) is 16.7 Å². The molecule has 3 N–H and O–H groups in total. The van der Waals surface area contributed by atoms with Gasteiger partial charge >= 0.3 is 12.0 Å². The maximum absolute atomic E-state index is 14.7. The fourth-order valence-electron chi connectivity index (χ4n) is 10.4. The van der Waals surface area contributed by atoms with E-state index in [2.05, 4.69) is 58.4 Å². The number of likely N-dealkylation sites (N-methyl/N-ethyl adjacent to an activating group) is 1. The van der Waals surface area contributed by atoms with Crippen LogP contribution in [0.15, 0.2) is 41.9 Å². The Morgan fingerprint density at radius 2 is 1.85 bits per heavy atom. The second-order valence-corrected chi connectivity index (χ2v) is 21.2. The first-order valence-electron chi connectivity index (χ1n) is 23.4. The minimum Gasteiger partial charge on any atom is -0.462 e. The normalized spacial score (nSPS) is 23.3. The van der Waals surface area contributed by atoms with Crippen LogP contribution in [-0.4, -0.2) is 142 Å². The number of aryl methyl sites for hydroxylation is 1. The summed E-state index contributed by atoms with van der Waals surface area (Å²) in [5.74, 6) is -2.21. The summed E-state index contributed by atoms with van der Waals surface area (Å²) in [4.78, 5) is 72.6. The molecule has 0 unspecified atom stereocenters. The summed E-state index contributed by atoms with van der Waals surface area (Å²) < 4.78 is 14.1. The molecule has 17 heteroatoms. The van der Waals surface area contributed by atoms with Gasteiger partial charge in [-0.3, -0.25) is 19.6 Å². The van der Waals surface area contributed by atoms with Gasteiger partial charge in [0.15, 0.2) is 0 Å². The van der Waals surface area contributed by atoms with E-state index >= 15 is 0 Å². The number of pyridine rings is 1. The fraction of sp³-hybridized carbons (Fsp3) is 0.592. The van der Waals surface area contributed by atoms with Crippen molar-refractivity contribution in [1.82, 2.24) is 45.0 Å². The number of carbonyl (C=O) groups excluding carboxylic acids is 4. The molecule has 4 amide bonds. The van der Waals surface area contributed by atoms with Crippen molar-refractivity contribution < 1.29 is 33.8 Å². The molecule has 0 radical (unpaired) electrons. The zero-order chi connectivity index (χ0) is 47.3. The van der Waals surface area contributed by atoms with E-state index in [-0.39, 0.29) is 49.5 Å². The molecule has 16 nitrogen and oxygen atoms in total. The standard InChI is InChI=1S/C49H67N9O7S/c1-10-57-38-15-14-32-23-34(38)35(42(57)33-13-11-19-50-40(33)31(4)64-9)25-47(5,6)29-65-45(61)49(63)16-12-20-58(53-49)44(60)36(24-39-51-37(32)26-66-39)52-43(59)41(30(2)3)55(8)46(62)56-27-48(28-56)17-21-54(7)22-18-48/h11,13-15,19,23,26,30-31,36,41,53,63H,10,12,16-18,20-22,24-25,27-29H2,1-9H3,(H,52,59)/t31-,36-,41-,49-/m0/s1. The lowest BCUT2D eigenvalue weighted by Gasteiger charge is -2.54. The maximum Gasteiger partial charge on any atom is 0.355 e. The number of aromatic nitrogens is 3. The van der Waals surface area contributed by atoms with Gasteiger partial charge in [0.05, 0.1) is 34.8 Å². The number of ether oxygens (including phenoxy) is 2. The summed E-state index contributed by atoms with van der Waals surface area (Å²) >= 11 is 1.39. The number of aliphatic hydroxyl groups is 1. The first kappa shape index (κ1) is 47.5. The molecule has 3 aromatic heterocycles. The molecule has 7 heterocycles. The average Bonchev–Trinajstić information content (AvgIpc) is 3.87. The second kappa shape index (κ2) is 18.6. The highest BCUT2D eigenvalue weighted by atomic mass is 32.1. The molecule has 0 aliphatic carbocycles. The van der Waals surface area contributed by atoms with E-state index in [1.807, 2.05) is 51.0 Å². The van der Waals surface area contributed by atoms with E-state index in [0.717, 1.165) is 70.6 Å². The van der Waals surface area contributed by atoms with Gasteiger partial charge in [0.1, 0.15) is 12.1 Å². The van der Waals surface area contributed by atoms with Crippen molar-refractivity contribution in [1.29, 1.82) is 0 Å². The van der Waals surface area contributed by atoms with Crippen LogP contribution in [0.2, 0.25) is 0 Å². The van der Waals surface area contributed by atoms with Crippen LogP contribution in [0.4, 0.5) is 4.79 Å². The molecule has 356 valence electrons. The third-order valence-electron chi connectivity index (χ3n) is 14.2. The number of amides is 4. The molecule has 66 heavy (non-hydrogen) atoms. The summed E-state index contributed by atoms with van der Waals surface area (Å²) in [6, 6.07) is 8.07. The Labute approximate surface area is 392 Å². The lowest BCUT2D eigenvalue weighted by atomic mass is 9.72. The highest BCUT2D eigenvalue weighted by Crippen LogP contribution is 2.43. The summed E-state index contributed by atoms with van der Waals surface area (Å²) in [6.07, 6.45) is 4.41. The number of esters is 1. The quantitative estimate of drug-likeness (QED) is 0.187. The Morgan fingerprint density at radius 3 is 2.55 bits per heavy atom. The summed E-state index contributed by atoms with van der Waals surface area (Å²) in [5.41, 5.74) is 6.55. The topological polar surface area (TPSA) is 175 Å². The minimum atomic E-state index is -2.20. The Morgan fingerprint density at radius 1 is 1.11 bits per heavy atom. The maximum atomic E-state index is 14.7. The number of piperidine rings is 1. The number of benzene rings is 1. The number of hydrogen-bond acceptors (Lipinski definition) is 12. The van der Waals surface area contributed by atoms with Crippen LogP contribution in [0.1, 0.15) is 89.6 Å². The van der Waals surface area contributed by atoms with Crippen molar-refractivity contribution >= 4 is 46.1 Å². The number of rotatable bonds is 8. The molecule has 4 aliphatic rings. The van der Waals surface area contributed by atoms with Crippen LogP contribution >= 0.6 is 11.3 Å². The third-order valence-corrected chi connectivity index (χ3v) is 15.1. The van der Waals surface area contributed by atoms with Gasteiger partial charge in [-0.1, -0.05) is 33.8 Å². The van der Waals surface area contributed by atoms with Crippen LogP contribution in [0.25, 0.3) is 33.4 Å². The van der Waals surface area contributed by atoms with Gasteiger partial charge in [-0.15, -0.1) is 11.3 Å². The molecule has 3 saturated heterocycles. The van der Waals surface area contributed by atoms with Gasteiger partial charge in [0.25, 0.3) is 5.91 Å². The first-order valence-corrected chi connectivity index (χ1v) is 24.3. The van der Waals surface area contributed by atoms with Crippen molar-refractivity contribution in [3.8, 4) is 22.5 Å². The lowest BCUT2D eigenvalue weighted by molar-refractivity contribution is -0.189. The Bertz CT molecular complexity index is 2470. The summed E-state index contributed by atoms with van der Waals surface area (Å²) in [5, 5.41) is 19.7. The van der Waals surface area contributed by atoms with Gasteiger partial charge in [-0.25, -0.2) is 14.6 Å². The fourth-order valence-corrected chi connectivity index (χ4v) is 11.3. The van der Waals surface area contributed by atoms with Crippen molar-refractivity contribution in [3.05, 3.63) is 58.2 Å². The molecule has 4 aliphatic heterocycles. The Balaban J connectivity index is 1.15. The first-order chi connectivity index (χ1) is 31.4. The van der Waals surface area contributed by atoms with Gasteiger partial charge in [0, 0.05) is 97.6 Å². The SMILES string of the molecule is CCn1c(-c2cccnc2[C@H](C)OC)c2c3cc(ccc31)-c1csc(n1)C[C@H](NC(=O)[C@H](C(C)C)N(C)C(=O)N1CC3(CCN(C)CC3)C1)C(=O)N1CCC[C@@](O)(N1)C(=O)OCC(C)(C)C2. The molecule has 3 fully saturated rings. The number of hydrogen-bond donors (Lipinski definition) is 3. The predicted octanol–water partition coefficient (Wildman–Crippen LogP) is 5.63. The van der Waals surface area contributed by atoms with Crippen LogP contribution in [0.5, 0.6) is 0 Å². The molecule has 4 aromatic rings. The highest BCUT2D eigenvalue weighted by Gasteiger charge is 2.49. The summed E-state index contributed by atoms with van der Waals surface area (Å²) in [6.45, 7) is 16.1. The molecule has 4 atom stereocenters. The number of nitrogens with zero attached hydrogens (tertiary/aromatic N) is 7. The van der Waals surface area contributed by atoms with Crippen LogP contribution in [0.3, 0.4) is 0 Å². The minimum absolute atomic E-state index is 0.0120. The molecule has 0 saturated carbocycles. The van der Waals surface area contributed by atoms with Gasteiger partial charge in [0.2, 0.25) is 11.6 Å². The largest absolute Gasteiger partial charge is 0.462 e. The van der Waals surface area contributed by atoms with E-state index in [1.54, 1.807) is 20.4 Å². The smallest absolute Gasteiger partial charge is 0.355 e. The zero-order valence-electron chi connectivity index (χ0n) is 40.0. The molecule has 6 bridgehead atoms. The molecular formula is C49H67N9O7S. The van der Waals surface area contributed by atoms with Gasteiger partial charge in [-0.05, 0) is 95.4 Å². The number of carbonyl (C=O) groups is 4. The molecule has 1 spiro atoms. The highest BCUT2D eigenvalue weighted by molar-refractivity contribution is 7.10. The molecule has 8 rings (SSSR count). The predicted molar refractivity (Wildman–Crippen MR) is 253 cm³/mol. The van der Waals surface area contributed by atoms with Crippen molar-refractivity contribution in [2.45, 2.75) is 111 Å². The lowest BCUT2D eigenvalue weighted by Crippen LogP contribution is -2.68. The van der Waals surface area contributed by atoms with E-state index in [9.17, 15) is 24.3 Å². The van der Waals surface area contributed by atoms with Crippen LogP contribution in [-0.2, 0) is 43.2 Å². The van der Waals surface area contributed by atoms with E-state index < -0.39 is 41.0 Å². The second-order valence-electron chi connectivity index (χ2n) is 20.2. The van der Waals surface area contributed by atoms with Crippen LogP contribution < -0.4 is 10.7 Å². The monoisotopic (exact) mass is 925 g/mol. The van der Waals surface area contributed by atoms with Gasteiger partial charge in [-0.2, -0.15) is 5.43 Å². The Kier molecular flexibility index (Phi) is 13.4. The van der Waals surface area contributed by atoms with E-state index in [0.29, 0.717) is 37.5 Å². The Hall–Kier alpha value is -4.94. The van der Waals surface area contributed by atoms with E-state index in [1.165, 1.54) is 21.2 Å². The van der Waals surface area contributed by atoms with Gasteiger partial charge < -0.3 is 39.2 Å². The van der Waals surface area contributed by atoms with E-state index in [4.69, 9.17) is 19.4 Å². The number of thiazole rings is 1. The molecule has 1 aromatic carbocycles.